The highest BCUT2D eigenvalue weighted by Crippen LogP contribution is 2.61. The van der Waals surface area contributed by atoms with Gasteiger partial charge in [0.1, 0.15) is 11.2 Å². The summed E-state index contributed by atoms with van der Waals surface area (Å²) in [5, 5.41) is 24.3. The van der Waals surface area contributed by atoms with Crippen LogP contribution in [0.5, 0.6) is 0 Å². The van der Waals surface area contributed by atoms with Crippen molar-refractivity contribution in [3.8, 4) is 0 Å². The smallest absolute Gasteiger partial charge is 0.187 e. The van der Waals surface area contributed by atoms with Crippen molar-refractivity contribution < 1.29 is 19.8 Å². The summed E-state index contributed by atoms with van der Waals surface area (Å²) in [5.74, 6) is -2.81. The topological polar surface area (TPSA) is 74.6 Å². The molecule has 34 heavy (non-hydrogen) atoms. The van der Waals surface area contributed by atoms with Crippen LogP contribution < -0.4 is 0 Å². The van der Waals surface area contributed by atoms with Crippen LogP contribution in [0.4, 0.5) is 0 Å². The molecule has 188 valence electrons. The maximum atomic E-state index is 13.9. The van der Waals surface area contributed by atoms with Crippen molar-refractivity contribution in [3.05, 3.63) is 46.6 Å². The second kappa shape index (κ2) is 9.70. The monoisotopic (exact) mass is 468 g/mol. The Kier molecular flexibility index (Phi) is 7.65. The lowest BCUT2D eigenvalue weighted by Gasteiger charge is -2.61. The van der Waals surface area contributed by atoms with Crippen molar-refractivity contribution in [2.75, 3.05) is 0 Å². The first-order valence-electron chi connectivity index (χ1n) is 12.9. The lowest BCUT2D eigenvalue weighted by Crippen LogP contribution is -2.71. The molecule has 4 heteroatoms. The molecule has 0 saturated heterocycles. The second-order valence-electron chi connectivity index (χ2n) is 11.8. The highest BCUT2D eigenvalue weighted by Gasteiger charge is 2.69. The zero-order valence-electron chi connectivity index (χ0n) is 22.3. The molecule has 4 rings (SSSR count). The second-order valence-corrected chi connectivity index (χ2v) is 11.8. The Labute approximate surface area is 205 Å². The highest BCUT2D eigenvalue weighted by molar-refractivity contribution is 6.02. The van der Waals surface area contributed by atoms with E-state index in [2.05, 4.69) is 12.2 Å². The van der Waals surface area contributed by atoms with Crippen molar-refractivity contribution in [2.45, 2.75) is 92.3 Å². The number of fused-ring (bicyclic) bond motifs is 1. The summed E-state index contributed by atoms with van der Waals surface area (Å²) >= 11 is 0. The maximum absolute atomic E-state index is 13.9. The van der Waals surface area contributed by atoms with Gasteiger partial charge in [0.25, 0.3) is 0 Å². The van der Waals surface area contributed by atoms with Gasteiger partial charge in [0.2, 0.25) is 0 Å². The van der Waals surface area contributed by atoms with E-state index in [4.69, 9.17) is 0 Å². The van der Waals surface area contributed by atoms with Gasteiger partial charge in [-0.05, 0) is 85.1 Å². The Morgan fingerprint density at radius 1 is 0.912 bits per heavy atom. The minimum atomic E-state index is -1.60. The normalized spacial score (nSPS) is 36.3. The van der Waals surface area contributed by atoms with Crippen LogP contribution in [0.1, 0.15) is 81.1 Å². The number of carbonyl (C=O) groups is 2. The molecule has 8 atom stereocenters. The Balaban J connectivity index is 2.07. The molecule has 0 amide bonds. The average molecular weight is 469 g/mol. The Morgan fingerprint density at radius 3 is 1.91 bits per heavy atom. The maximum Gasteiger partial charge on any atom is 0.187 e. The van der Waals surface area contributed by atoms with Crippen molar-refractivity contribution in [2.24, 2.45) is 35.5 Å². The van der Waals surface area contributed by atoms with E-state index in [9.17, 15) is 19.8 Å². The minimum absolute atomic E-state index is 0.134. The summed E-state index contributed by atoms with van der Waals surface area (Å²) in [5.41, 5.74) is 1.05. The van der Waals surface area contributed by atoms with Crippen molar-refractivity contribution in [3.63, 3.8) is 0 Å². The largest absolute Gasteiger partial charge is 0.381 e. The molecule has 1 saturated carbocycles. The number of hydrogen-bond acceptors (Lipinski definition) is 4. The van der Waals surface area contributed by atoms with Crippen molar-refractivity contribution >= 4 is 11.6 Å². The van der Waals surface area contributed by atoms with Gasteiger partial charge in [-0.25, -0.2) is 0 Å². The molecule has 0 heterocycles. The molecule has 0 aromatic carbocycles. The van der Waals surface area contributed by atoms with Gasteiger partial charge in [0, 0.05) is 23.7 Å². The van der Waals surface area contributed by atoms with Gasteiger partial charge in [0.05, 0.1) is 0 Å². The standard InChI is InChI=1S/C30H44O4/c1-17(2)11-9-13-21(7)29(33)23-15-19(5)26(28(29)32)25-20(6)16-24(31)30(34,27(23)25)22(8)14-10-12-18(3)4/h11-12,15-16,21-23,25-27,33-34H,9-10,13-14H2,1-8H3. The number of allylic oxidation sites excluding steroid dienone is 6. The van der Waals surface area contributed by atoms with Gasteiger partial charge in [-0.1, -0.05) is 54.4 Å². The van der Waals surface area contributed by atoms with Crippen LogP contribution in [0.3, 0.4) is 0 Å². The highest BCUT2D eigenvalue weighted by atomic mass is 16.3. The van der Waals surface area contributed by atoms with Crippen LogP contribution in [0, 0.1) is 35.5 Å². The van der Waals surface area contributed by atoms with Crippen LogP contribution in [0.2, 0.25) is 0 Å². The molecule has 4 aliphatic rings. The van der Waals surface area contributed by atoms with E-state index in [0.717, 1.165) is 24.0 Å². The van der Waals surface area contributed by atoms with Gasteiger partial charge in [-0.3, -0.25) is 9.59 Å². The molecular weight excluding hydrogens is 424 g/mol. The molecular formula is C30H44O4. The van der Waals surface area contributed by atoms with E-state index >= 15 is 0 Å². The third-order valence-electron chi connectivity index (χ3n) is 8.85. The Hall–Kier alpha value is -1.78. The molecule has 0 aromatic heterocycles. The quantitative estimate of drug-likeness (QED) is 0.445. The van der Waals surface area contributed by atoms with E-state index in [1.165, 1.54) is 11.1 Å². The van der Waals surface area contributed by atoms with E-state index in [1.807, 2.05) is 61.5 Å². The number of rotatable bonds is 8. The summed E-state index contributed by atoms with van der Waals surface area (Å²) < 4.78 is 0. The predicted octanol–water partition coefficient (Wildman–Crippen LogP) is 5.75. The summed E-state index contributed by atoms with van der Waals surface area (Å²) in [7, 11) is 0. The first-order valence-corrected chi connectivity index (χ1v) is 12.9. The summed E-state index contributed by atoms with van der Waals surface area (Å²) in [6, 6.07) is 0. The summed E-state index contributed by atoms with van der Waals surface area (Å²) in [6.07, 6.45) is 10.8. The molecule has 2 N–H and O–H groups in total. The van der Waals surface area contributed by atoms with E-state index in [-0.39, 0.29) is 29.3 Å². The van der Waals surface area contributed by atoms with Gasteiger partial charge in [-0.15, -0.1) is 0 Å². The third kappa shape index (κ3) is 4.22. The van der Waals surface area contributed by atoms with Crippen molar-refractivity contribution in [1.82, 2.24) is 0 Å². The lowest BCUT2D eigenvalue weighted by molar-refractivity contribution is -0.198. The van der Waals surface area contributed by atoms with Gasteiger partial charge >= 0.3 is 0 Å². The molecule has 4 aliphatic carbocycles. The first-order chi connectivity index (χ1) is 15.8. The fourth-order valence-electron chi connectivity index (χ4n) is 6.89. The van der Waals surface area contributed by atoms with Crippen LogP contribution >= 0.6 is 0 Å². The first kappa shape index (κ1) is 26.8. The molecule has 0 aliphatic heterocycles. The fourth-order valence-corrected chi connectivity index (χ4v) is 6.89. The average Bonchev–Trinajstić information content (AvgIpc) is 2.74. The summed E-state index contributed by atoms with van der Waals surface area (Å²) in [6.45, 7) is 15.9. The summed E-state index contributed by atoms with van der Waals surface area (Å²) in [4.78, 5) is 27.3. The van der Waals surface area contributed by atoms with Gasteiger partial charge in [0.15, 0.2) is 11.6 Å². The third-order valence-corrected chi connectivity index (χ3v) is 8.85. The fraction of sp³-hybridized carbons (Fsp3) is 0.667. The predicted molar refractivity (Wildman–Crippen MR) is 137 cm³/mol. The number of carbonyl (C=O) groups excluding carboxylic acids is 2. The number of hydrogen-bond donors (Lipinski definition) is 2. The minimum Gasteiger partial charge on any atom is -0.381 e. The van der Waals surface area contributed by atoms with Crippen LogP contribution in [-0.4, -0.2) is 33.0 Å². The lowest BCUT2D eigenvalue weighted by atomic mass is 9.43. The van der Waals surface area contributed by atoms with Crippen LogP contribution in [-0.2, 0) is 9.59 Å². The van der Waals surface area contributed by atoms with E-state index in [0.29, 0.717) is 12.8 Å². The molecule has 0 aromatic rings. The zero-order valence-corrected chi connectivity index (χ0v) is 22.3. The van der Waals surface area contributed by atoms with E-state index < -0.39 is 29.0 Å². The van der Waals surface area contributed by atoms with Crippen molar-refractivity contribution in [1.29, 1.82) is 0 Å². The SMILES string of the molecule is CC(C)=CCCC(C)C1(O)C(=O)C2C(C)=CC1C1C2C(C)=CC(=O)C1(O)C(C)CCC=C(C)C. The molecule has 8 unspecified atom stereocenters. The molecule has 2 bridgehead atoms. The molecule has 1 fully saturated rings. The molecule has 0 spiro atoms. The van der Waals surface area contributed by atoms with Crippen LogP contribution in [0.15, 0.2) is 46.6 Å². The molecule has 4 nitrogen and oxygen atoms in total. The van der Waals surface area contributed by atoms with E-state index in [1.54, 1.807) is 6.08 Å². The van der Waals surface area contributed by atoms with Crippen LogP contribution in [0.25, 0.3) is 0 Å². The number of ketones is 2. The Bertz CT molecular complexity index is 958. The Morgan fingerprint density at radius 2 is 1.41 bits per heavy atom. The molecule has 0 radical (unpaired) electrons. The number of Topliss-reactive ketones (excluding diaryl/α,β-unsaturated/α-hetero) is 1. The van der Waals surface area contributed by atoms with Gasteiger partial charge in [-0.2, -0.15) is 0 Å². The van der Waals surface area contributed by atoms with Gasteiger partial charge < -0.3 is 10.2 Å². The zero-order chi connectivity index (χ0) is 25.6. The number of aliphatic hydroxyl groups is 2.